The fourth-order valence-electron chi connectivity index (χ4n) is 2.30. The number of nitrogens with zero attached hydrogens (tertiary/aromatic N) is 2. The van der Waals surface area contributed by atoms with Gasteiger partial charge >= 0.3 is 11.7 Å². The molecule has 0 aliphatic carbocycles. The first-order chi connectivity index (χ1) is 11.0. The van der Waals surface area contributed by atoms with E-state index in [1.165, 1.54) is 4.57 Å². The number of oxazole rings is 1. The Hall–Kier alpha value is -2.89. The van der Waals surface area contributed by atoms with Crippen molar-refractivity contribution in [1.82, 2.24) is 9.55 Å². The number of carbonyl (C=O) groups is 1. The van der Waals surface area contributed by atoms with Crippen LogP contribution in [0.5, 0.6) is 0 Å². The summed E-state index contributed by atoms with van der Waals surface area (Å²) in [7, 11) is 0. The van der Waals surface area contributed by atoms with Crippen molar-refractivity contribution in [3.8, 4) is 0 Å². The molecular formula is C17H16N2O4. The number of aromatic nitrogens is 2. The molecule has 6 nitrogen and oxygen atoms in total. The van der Waals surface area contributed by atoms with Gasteiger partial charge in [-0.2, -0.15) is 0 Å². The van der Waals surface area contributed by atoms with E-state index in [1.54, 1.807) is 50.4 Å². The summed E-state index contributed by atoms with van der Waals surface area (Å²) >= 11 is 0. The predicted molar refractivity (Wildman–Crippen MR) is 84.4 cm³/mol. The van der Waals surface area contributed by atoms with E-state index in [2.05, 4.69) is 4.98 Å². The van der Waals surface area contributed by atoms with Crippen LogP contribution in [0.4, 0.5) is 0 Å². The highest BCUT2D eigenvalue weighted by atomic mass is 16.5. The largest absolute Gasteiger partial charge is 0.459 e. The van der Waals surface area contributed by atoms with Crippen LogP contribution in [0.15, 0.2) is 51.8 Å². The molecule has 1 aromatic carbocycles. The monoisotopic (exact) mass is 312 g/mol. The number of ether oxygens (including phenoxy) is 1. The Kier molecular flexibility index (Phi) is 3.97. The summed E-state index contributed by atoms with van der Waals surface area (Å²) in [5.41, 5.74) is 2.16. The Morgan fingerprint density at radius 1 is 1.30 bits per heavy atom. The molecule has 3 rings (SSSR count). The number of benzene rings is 1. The first-order valence-electron chi connectivity index (χ1n) is 7.29. The van der Waals surface area contributed by atoms with E-state index in [0.717, 1.165) is 5.56 Å². The van der Waals surface area contributed by atoms with Crippen LogP contribution in [0.25, 0.3) is 11.2 Å². The average molecular weight is 312 g/mol. The zero-order chi connectivity index (χ0) is 16.4. The van der Waals surface area contributed by atoms with Gasteiger partial charge in [-0.05, 0) is 43.7 Å². The third-order valence-corrected chi connectivity index (χ3v) is 3.27. The Balaban J connectivity index is 1.92. The number of rotatable bonds is 4. The normalized spacial score (nSPS) is 11.1. The van der Waals surface area contributed by atoms with E-state index >= 15 is 0 Å². The van der Waals surface area contributed by atoms with Crippen LogP contribution in [0.2, 0.25) is 0 Å². The number of hydrogen-bond donors (Lipinski definition) is 0. The first kappa shape index (κ1) is 15.0. The highest BCUT2D eigenvalue weighted by molar-refractivity contribution is 5.89. The molecule has 0 fully saturated rings. The molecule has 0 saturated carbocycles. The van der Waals surface area contributed by atoms with Crippen LogP contribution in [0.3, 0.4) is 0 Å². The van der Waals surface area contributed by atoms with Crippen molar-refractivity contribution in [2.45, 2.75) is 26.5 Å². The van der Waals surface area contributed by atoms with Crippen LogP contribution in [-0.4, -0.2) is 21.6 Å². The van der Waals surface area contributed by atoms with Crippen LogP contribution >= 0.6 is 0 Å². The van der Waals surface area contributed by atoms with Crippen LogP contribution in [-0.2, 0) is 11.3 Å². The third kappa shape index (κ3) is 3.15. The standard InChI is InChI=1S/C17H16N2O4/c1-11(2)22-16(20)13-6-3-5-12(9-13)10-19-15-14(23-17(19)21)7-4-8-18-15/h3-9,11H,10H2,1-2H3. The molecule has 3 aromatic rings. The Bertz CT molecular complexity index is 908. The Labute approximate surface area is 132 Å². The molecule has 6 heteroatoms. The number of hydrogen-bond acceptors (Lipinski definition) is 5. The van der Waals surface area contributed by atoms with Crippen LogP contribution < -0.4 is 5.76 Å². The fraction of sp³-hybridized carbons (Fsp3) is 0.235. The van der Waals surface area contributed by atoms with Gasteiger partial charge in [0.2, 0.25) is 0 Å². The van der Waals surface area contributed by atoms with Gasteiger partial charge in [-0.15, -0.1) is 0 Å². The smallest absolute Gasteiger partial charge is 0.421 e. The maximum atomic E-state index is 12.0. The van der Waals surface area contributed by atoms with E-state index in [1.807, 2.05) is 6.07 Å². The summed E-state index contributed by atoms with van der Waals surface area (Å²) in [6.45, 7) is 3.86. The van der Waals surface area contributed by atoms with Crippen molar-refractivity contribution in [3.05, 3.63) is 64.3 Å². The fourth-order valence-corrected chi connectivity index (χ4v) is 2.30. The van der Waals surface area contributed by atoms with Gasteiger partial charge in [0.05, 0.1) is 18.2 Å². The molecule has 23 heavy (non-hydrogen) atoms. The molecule has 0 radical (unpaired) electrons. The maximum absolute atomic E-state index is 12.0. The second-order valence-electron chi connectivity index (χ2n) is 5.43. The van der Waals surface area contributed by atoms with Crippen molar-refractivity contribution in [3.63, 3.8) is 0 Å². The number of fused-ring (bicyclic) bond motifs is 1. The lowest BCUT2D eigenvalue weighted by molar-refractivity contribution is 0.0378. The summed E-state index contributed by atoms with van der Waals surface area (Å²) in [5.74, 6) is -0.863. The lowest BCUT2D eigenvalue weighted by atomic mass is 10.1. The zero-order valence-corrected chi connectivity index (χ0v) is 12.9. The maximum Gasteiger partial charge on any atom is 0.421 e. The van der Waals surface area contributed by atoms with E-state index in [-0.39, 0.29) is 18.6 Å². The molecule has 0 saturated heterocycles. The summed E-state index contributed by atoms with van der Waals surface area (Å²) in [4.78, 5) is 28.1. The van der Waals surface area contributed by atoms with Gasteiger partial charge < -0.3 is 9.15 Å². The molecule has 2 aromatic heterocycles. The first-order valence-corrected chi connectivity index (χ1v) is 7.29. The van der Waals surface area contributed by atoms with E-state index in [4.69, 9.17) is 9.15 Å². The molecule has 0 aliphatic heterocycles. The van der Waals surface area contributed by atoms with Crippen molar-refractivity contribution < 1.29 is 13.9 Å². The molecule has 0 spiro atoms. The molecule has 0 atom stereocenters. The van der Waals surface area contributed by atoms with Gasteiger partial charge in [-0.1, -0.05) is 12.1 Å². The lowest BCUT2D eigenvalue weighted by Gasteiger charge is -2.09. The van der Waals surface area contributed by atoms with Gasteiger partial charge in [0.25, 0.3) is 0 Å². The van der Waals surface area contributed by atoms with E-state index in [0.29, 0.717) is 16.8 Å². The predicted octanol–water partition coefficient (Wildman–Crippen LogP) is 2.60. The molecule has 2 heterocycles. The number of esters is 1. The molecule has 0 amide bonds. The molecule has 0 bridgehead atoms. The summed E-state index contributed by atoms with van der Waals surface area (Å²) in [5, 5.41) is 0. The van der Waals surface area contributed by atoms with Gasteiger partial charge in [-0.3, -0.25) is 4.57 Å². The SMILES string of the molecule is CC(C)OC(=O)c1cccc(Cn2c(=O)oc3cccnc32)c1. The van der Waals surface area contributed by atoms with Crippen molar-refractivity contribution in [1.29, 1.82) is 0 Å². The Morgan fingerprint density at radius 3 is 2.91 bits per heavy atom. The summed E-state index contributed by atoms with van der Waals surface area (Å²) in [6.07, 6.45) is 1.42. The Morgan fingerprint density at radius 2 is 2.13 bits per heavy atom. The number of pyridine rings is 1. The summed E-state index contributed by atoms with van der Waals surface area (Å²) in [6, 6.07) is 10.4. The third-order valence-electron chi connectivity index (χ3n) is 3.27. The van der Waals surface area contributed by atoms with Gasteiger partial charge in [0.15, 0.2) is 11.2 Å². The van der Waals surface area contributed by atoms with Gasteiger partial charge in [0, 0.05) is 6.20 Å². The quantitative estimate of drug-likeness (QED) is 0.692. The highest BCUT2D eigenvalue weighted by Crippen LogP contribution is 2.13. The minimum atomic E-state index is -0.478. The average Bonchev–Trinajstić information content (AvgIpc) is 2.83. The van der Waals surface area contributed by atoms with E-state index in [9.17, 15) is 9.59 Å². The minimum Gasteiger partial charge on any atom is -0.459 e. The minimum absolute atomic E-state index is 0.184. The molecule has 0 aliphatic rings. The lowest BCUT2D eigenvalue weighted by Crippen LogP contribution is -2.16. The zero-order valence-electron chi connectivity index (χ0n) is 12.9. The second-order valence-corrected chi connectivity index (χ2v) is 5.43. The van der Waals surface area contributed by atoms with Crippen molar-refractivity contribution in [2.24, 2.45) is 0 Å². The van der Waals surface area contributed by atoms with Crippen LogP contribution in [0.1, 0.15) is 29.8 Å². The number of carbonyl (C=O) groups excluding carboxylic acids is 1. The molecule has 0 unspecified atom stereocenters. The van der Waals surface area contributed by atoms with Crippen molar-refractivity contribution >= 4 is 17.2 Å². The van der Waals surface area contributed by atoms with Gasteiger partial charge in [-0.25, -0.2) is 14.6 Å². The summed E-state index contributed by atoms with van der Waals surface area (Å²) < 4.78 is 11.8. The van der Waals surface area contributed by atoms with Crippen LogP contribution in [0, 0.1) is 0 Å². The highest BCUT2D eigenvalue weighted by Gasteiger charge is 2.13. The van der Waals surface area contributed by atoms with Gasteiger partial charge in [0.1, 0.15) is 0 Å². The van der Waals surface area contributed by atoms with E-state index < -0.39 is 5.76 Å². The van der Waals surface area contributed by atoms with Crippen molar-refractivity contribution in [2.75, 3.05) is 0 Å². The molecule has 0 N–H and O–H groups in total. The second kappa shape index (κ2) is 6.08. The molecule has 118 valence electrons. The molecular weight excluding hydrogens is 296 g/mol. The topological polar surface area (TPSA) is 74.3 Å².